The fourth-order valence-corrected chi connectivity index (χ4v) is 3.79. The first-order chi connectivity index (χ1) is 11.1. The molecule has 0 heterocycles. The summed E-state index contributed by atoms with van der Waals surface area (Å²) < 4.78 is 24.5. The van der Waals surface area contributed by atoms with Crippen LogP contribution in [0.3, 0.4) is 0 Å². The van der Waals surface area contributed by atoms with Crippen LogP contribution in [0.5, 0.6) is 0 Å². The van der Waals surface area contributed by atoms with Crippen LogP contribution in [0.2, 0.25) is 20.1 Å². The number of carboxylic acid groups (broad SMARTS) is 1. The van der Waals surface area contributed by atoms with E-state index in [-0.39, 0.29) is 25.7 Å². The molecule has 0 aliphatic rings. The Bertz CT molecular complexity index is 898. The molecule has 2 aromatic rings. The number of sulfone groups is 1. The van der Waals surface area contributed by atoms with Crippen LogP contribution in [0.15, 0.2) is 35.2 Å². The summed E-state index contributed by atoms with van der Waals surface area (Å²) in [5.41, 5.74) is -0.363. The van der Waals surface area contributed by atoms with E-state index in [0.717, 1.165) is 0 Å². The second kappa shape index (κ2) is 7.37. The highest BCUT2D eigenvalue weighted by atomic mass is 35.5. The molecule has 2 aromatic carbocycles. The van der Waals surface area contributed by atoms with Crippen molar-refractivity contribution in [2.75, 3.05) is 11.2 Å². The molecule has 24 heavy (non-hydrogen) atoms. The molecule has 0 saturated heterocycles. The van der Waals surface area contributed by atoms with Crippen LogP contribution in [0.25, 0.3) is 0 Å². The molecule has 0 amide bonds. The fraction of sp³-hybridized carbons (Fsp3) is 0.0714. The minimum atomic E-state index is -3.70. The Morgan fingerprint density at radius 3 is 2.17 bits per heavy atom. The maximum atomic E-state index is 12.3. The monoisotopic (exact) mass is 427 g/mol. The summed E-state index contributed by atoms with van der Waals surface area (Å²) >= 11 is 23.4. The van der Waals surface area contributed by atoms with Crippen LogP contribution in [0.1, 0.15) is 10.4 Å². The Morgan fingerprint density at radius 2 is 1.62 bits per heavy atom. The van der Waals surface area contributed by atoms with E-state index < -0.39 is 27.2 Å². The van der Waals surface area contributed by atoms with Gasteiger partial charge < -0.3 is 10.4 Å². The molecule has 0 bridgehead atoms. The lowest BCUT2D eigenvalue weighted by molar-refractivity contribution is 0.0697. The first kappa shape index (κ1) is 19.1. The van der Waals surface area contributed by atoms with Gasteiger partial charge in [0.05, 0.1) is 25.7 Å². The van der Waals surface area contributed by atoms with Crippen molar-refractivity contribution in [3.8, 4) is 0 Å². The van der Waals surface area contributed by atoms with Gasteiger partial charge in [0.1, 0.15) is 11.4 Å². The molecule has 0 fully saturated rings. The van der Waals surface area contributed by atoms with Gasteiger partial charge in [0.2, 0.25) is 0 Å². The van der Waals surface area contributed by atoms with Crippen molar-refractivity contribution >= 4 is 67.9 Å². The number of halogens is 4. The lowest BCUT2D eigenvalue weighted by Crippen LogP contribution is -2.15. The highest BCUT2D eigenvalue weighted by molar-refractivity contribution is 7.91. The minimum absolute atomic E-state index is 0.0426. The van der Waals surface area contributed by atoms with E-state index in [0.29, 0.717) is 5.02 Å². The van der Waals surface area contributed by atoms with E-state index in [1.807, 2.05) is 0 Å². The number of benzene rings is 2. The van der Waals surface area contributed by atoms with E-state index in [9.17, 15) is 13.2 Å². The van der Waals surface area contributed by atoms with Gasteiger partial charge in [0, 0.05) is 5.02 Å². The Hall–Kier alpha value is -1.18. The SMILES string of the molecule is O=C(O)c1c(Cl)c(Cl)cc(NCS(=O)(=O)c2ccc(Cl)cc2)c1Cl. The molecule has 0 atom stereocenters. The van der Waals surface area contributed by atoms with Crippen LogP contribution < -0.4 is 5.32 Å². The molecule has 0 saturated carbocycles. The maximum absolute atomic E-state index is 12.3. The first-order valence-corrected chi connectivity index (χ1v) is 9.43. The van der Waals surface area contributed by atoms with Crippen molar-refractivity contribution in [1.29, 1.82) is 0 Å². The van der Waals surface area contributed by atoms with Gasteiger partial charge in [-0.3, -0.25) is 0 Å². The van der Waals surface area contributed by atoms with Gasteiger partial charge in [-0.05, 0) is 30.3 Å². The van der Waals surface area contributed by atoms with Gasteiger partial charge in [-0.1, -0.05) is 46.4 Å². The van der Waals surface area contributed by atoms with Crippen LogP contribution in [0.4, 0.5) is 5.69 Å². The molecule has 0 radical (unpaired) electrons. The lowest BCUT2D eigenvalue weighted by atomic mass is 10.2. The summed E-state index contributed by atoms with van der Waals surface area (Å²) in [4.78, 5) is 11.3. The largest absolute Gasteiger partial charge is 0.478 e. The molecular weight excluding hydrogens is 420 g/mol. The summed E-state index contributed by atoms with van der Waals surface area (Å²) in [6, 6.07) is 6.87. The molecule has 0 unspecified atom stereocenters. The first-order valence-electron chi connectivity index (χ1n) is 6.26. The highest BCUT2D eigenvalue weighted by Gasteiger charge is 2.22. The molecule has 2 N–H and O–H groups in total. The molecule has 0 spiro atoms. The topological polar surface area (TPSA) is 83.5 Å². The minimum Gasteiger partial charge on any atom is -0.478 e. The second-order valence-electron chi connectivity index (χ2n) is 4.60. The van der Waals surface area contributed by atoms with E-state index >= 15 is 0 Å². The number of hydrogen-bond acceptors (Lipinski definition) is 4. The molecule has 0 aliphatic carbocycles. The molecule has 128 valence electrons. The van der Waals surface area contributed by atoms with E-state index in [4.69, 9.17) is 51.5 Å². The third kappa shape index (κ3) is 4.07. The average Bonchev–Trinajstić information content (AvgIpc) is 2.50. The van der Waals surface area contributed by atoms with Crippen molar-refractivity contribution in [3.63, 3.8) is 0 Å². The predicted molar refractivity (Wildman–Crippen MR) is 95.6 cm³/mol. The number of rotatable bonds is 5. The number of nitrogens with one attached hydrogen (secondary N) is 1. The lowest BCUT2D eigenvalue weighted by Gasteiger charge is -2.13. The number of anilines is 1. The van der Waals surface area contributed by atoms with Crippen molar-refractivity contribution in [1.82, 2.24) is 0 Å². The van der Waals surface area contributed by atoms with Gasteiger partial charge in [0.25, 0.3) is 0 Å². The zero-order valence-electron chi connectivity index (χ0n) is 11.7. The zero-order valence-corrected chi connectivity index (χ0v) is 15.5. The van der Waals surface area contributed by atoms with E-state index in [2.05, 4.69) is 5.32 Å². The number of carbonyl (C=O) groups is 1. The van der Waals surface area contributed by atoms with Gasteiger partial charge in [-0.25, -0.2) is 13.2 Å². The Morgan fingerprint density at radius 1 is 1.04 bits per heavy atom. The normalized spacial score (nSPS) is 11.3. The quantitative estimate of drug-likeness (QED) is 0.665. The highest BCUT2D eigenvalue weighted by Crippen LogP contribution is 2.37. The number of hydrogen-bond donors (Lipinski definition) is 2. The third-order valence-electron chi connectivity index (χ3n) is 3.00. The zero-order chi connectivity index (χ0) is 18.1. The third-order valence-corrected chi connectivity index (χ3v) is 5.94. The van der Waals surface area contributed by atoms with Gasteiger partial charge >= 0.3 is 5.97 Å². The Labute approximate surface area is 158 Å². The molecule has 0 aliphatic heterocycles. The molecule has 5 nitrogen and oxygen atoms in total. The summed E-state index contributed by atoms with van der Waals surface area (Å²) in [6.07, 6.45) is 0. The standard InChI is InChI=1S/C14H9Cl4NO4S/c15-7-1-3-8(4-2-7)24(22,23)6-19-10-5-9(16)12(17)11(13(10)18)14(20)21/h1-5,19H,6H2,(H,20,21). The number of aromatic carboxylic acids is 1. The van der Waals surface area contributed by atoms with Crippen LogP contribution in [0, 0.1) is 0 Å². The van der Waals surface area contributed by atoms with E-state index in [1.165, 1.54) is 30.3 Å². The summed E-state index contributed by atoms with van der Waals surface area (Å²) in [5, 5.41) is 11.6. The summed E-state index contributed by atoms with van der Waals surface area (Å²) in [5.74, 6) is -1.90. The molecule has 0 aromatic heterocycles. The number of carboxylic acids is 1. The Kier molecular flexibility index (Phi) is 5.88. The average molecular weight is 429 g/mol. The second-order valence-corrected chi connectivity index (χ2v) is 8.19. The van der Waals surface area contributed by atoms with Gasteiger partial charge in [0.15, 0.2) is 9.84 Å². The van der Waals surface area contributed by atoms with Gasteiger partial charge in [-0.2, -0.15) is 0 Å². The van der Waals surface area contributed by atoms with Crippen molar-refractivity contribution in [2.45, 2.75) is 4.90 Å². The van der Waals surface area contributed by atoms with Crippen LogP contribution >= 0.6 is 46.4 Å². The van der Waals surface area contributed by atoms with Crippen molar-refractivity contribution < 1.29 is 18.3 Å². The van der Waals surface area contributed by atoms with E-state index in [1.54, 1.807) is 0 Å². The molecule has 10 heteroatoms. The predicted octanol–water partition coefficient (Wildman–Crippen LogP) is 4.84. The van der Waals surface area contributed by atoms with Gasteiger partial charge in [-0.15, -0.1) is 0 Å². The maximum Gasteiger partial charge on any atom is 0.338 e. The molecule has 2 rings (SSSR count). The fourth-order valence-electron chi connectivity index (χ4n) is 1.82. The summed E-state index contributed by atoms with van der Waals surface area (Å²) in [6.45, 7) is 0. The van der Waals surface area contributed by atoms with Crippen molar-refractivity contribution in [2.24, 2.45) is 0 Å². The van der Waals surface area contributed by atoms with Crippen molar-refractivity contribution in [3.05, 3.63) is 56.0 Å². The Balaban J connectivity index is 2.32. The van der Waals surface area contributed by atoms with Crippen LogP contribution in [-0.4, -0.2) is 25.4 Å². The summed E-state index contributed by atoms with van der Waals surface area (Å²) in [7, 11) is -3.70. The molecular formula is C14H9Cl4NO4S. The smallest absolute Gasteiger partial charge is 0.338 e. The van der Waals surface area contributed by atoms with Crippen LogP contribution in [-0.2, 0) is 9.84 Å².